The molecule has 0 saturated carbocycles. The number of amides is 2. The van der Waals surface area contributed by atoms with Crippen molar-refractivity contribution in [1.29, 1.82) is 0 Å². The number of ether oxygens (including phenoxy) is 1. The fourth-order valence-corrected chi connectivity index (χ4v) is 2.78. The second kappa shape index (κ2) is 9.94. The molecule has 0 spiro atoms. The van der Waals surface area contributed by atoms with E-state index in [-0.39, 0.29) is 18.3 Å². The van der Waals surface area contributed by atoms with E-state index in [0.717, 1.165) is 5.56 Å². The summed E-state index contributed by atoms with van der Waals surface area (Å²) >= 11 is 0. The number of nitrogens with zero attached hydrogens (tertiary/aromatic N) is 5. The van der Waals surface area contributed by atoms with Crippen molar-refractivity contribution in [1.82, 2.24) is 20.4 Å². The minimum Gasteiger partial charge on any atom is -0.443 e. The van der Waals surface area contributed by atoms with Gasteiger partial charge in [-0.25, -0.2) is 4.79 Å². The first kappa shape index (κ1) is 24.8. The number of hydrogen-bond acceptors (Lipinski definition) is 7. The van der Waals surface area contributed by atoms with E-state index in [2.05, 4.69) is 25.7 Å². The standard InChI is InChI=1S/C25H30N6O3/c1-24(2,3)22(32)26-18-12-14-19(15-13-18)31(23(33)34-25(4,5)6)16-20-27-29-21(30-28-20)17-10-8-7-9-11-17/h7-15H,16H2,1-6H3,(H,26,32). The minimum atomic E-state index is -0.690. The second-order valence-corrected chi connectivity index (χ2v) is 9.82. The van der Waals surface area contributed by atoms with Gasteiger partial charge in [0.15, 0.2) is 5.82 Å². The molecule has 0 saturated heterocycles. The van der Waals surface area contributed by atoms with E-state index >= 15 is 0 Å². The van der Waals surface area contributed by atoms with Crippen LogP contribution in [0.15, 0.2) is 54.6 Å². The fourth-order valence-electron chi connectivity index (χ4n) is 2.78. The summed E-state index contributed by atoms with van der Waals surface area (Å²) in [7, 11) is 0. The van der Waals surface area contributed by atoms with Crippen LogP contribution in [0.25, 0.3) is 11.4 Å². The Morgan fingerprint density at radius 1 is 0.853 bits per heavy atom. The van der Waals surface area contributed by atoms with Gasteiger partial charge in [0, 0.05) is 22.4 Å². The maximum Gasteiger partial charge on any atom is 0.415 e. The highest BCUT2D eigenvalue weighted by Gasteiger charge is 2.25. The van der Waals surface area contributed by atoms with Crippen LogP contribution in [0.4, 0.5) is 16.2 Å². The zero-order valence-corrected chi connectivity index (χ0v) is 20.4. The van der Waals surface area contributed by atoms with Gasteiger partial charge >= 0.3 is 6.09 Å². The van der Waals surface area contributed by atoms with E-state index in [0.29, 0.717) is 17.2 Å². The zero-order chi connectivity index (χ0) is 24.9. The highest BCUT2D eigenvalue weighted by Crippen LogP contribution is 2.24. The van der Waals surface area contributed by atoms with Crippen LogP contribution in [0.1, 0.15) is 47.4 Å². The number of benzene rings is 2. The summed E-state index contributed by atoms with van der Waals surface area (Å²) in [5.74, 6) is 0.552. The van der Waals surface area contributed by atoms with Crippen LogP contribution in [-0.2, 0) is 16.1 Å². The second-order valence-electron chi connectivity index (χ2n) is 9.82. The SMILES string of the molecule is CC(C)(C)OC(=O)N(Cc1nnc(-c2ccccc2)nn1)c1ccc(NC(=O)C(C)(C)C)cc1. The Kier molecular flexibility index (Phi) is 7.24. The Bertz CT molecular complexity index is 1120. The van der Waals surface area contributed by atoms with Gasteiger partial charge in [0.2, 0.25) is 11.7 Å². The predicted molar refractivity (Wildman–Crippen MR) is 130 cm³/mol. The molecule has 0 radical (unpaired) electrons. The Balaban J connectivity index is 1.83. The number of carbonyl (C=O) groups is 2. The Labute approximate surface area is 199 Å². The largest absolute Gasteiger partial charge is 0.443 e. The first-order valence-electron chi connectivity index (χ1n) is 11.0. The molecule has 9 heteroatoms. The lowest BCUT2D eigenvalue weighted by Gasteiger charge is -2.27. The summed E-state index contributed by atoms with van der Waals surface area (Å²) in [6.07, 6.45) is -0.560. The predicted octanol–water partition coefficient (Wildman–Crippen LogP) is 4.86. The van der Waals surface area contributed by atoms with Gasteiger partial charge in [0.05, 0.1) is 6.54 Å². The normalized spacial score (nSPS) is 11.6. The highest BCUT2D eigenvalue weighted by atomic mass is 16.6. The third-order valence-electron chi connectivity index (χ3n) is 4.58. The molecule has 1 aromatic heterocycles. The first-order valence-corrected chi connectivity index (χ1v) is 11.0. The Morgan fingerprint density at radius 3 is 1.97 bits per heavy atom. The van der Waals surface area contributed by atoms with E-state index in [1.165, 1.54) is 4.90 Å². The van der Waals surface area contributed by atoms with Crippen molar-refractivity contribution < 1.29 is 14.3 Å². The van der Waals surface area contributed by atoms with Gasteiger partial charge in [-0.15, -0.1) is 20.4 Å². The van der Waals surface area contributed by atoms with Gasteiger partial charge in [-0.05, 0) is 45.0 Å². The van der Waals surface area contributed by atoms with Gasteiger partial charge in [0.1, 0.15) is 5.60 Å². The average Bonchev–Trinajstić information content (AvgIpc) is 2.77. The van der Waals surface area contributed by atoms with E-state index in [4.69, 9.17) is 4.74 Å². The van der Waals surface area contributed by atoms with Crippen molar-refractivity contribution in [3.05, 3.63) is 60.4 Å². The van der Waals surface area contributed by atoms with Crippen molar-refractivity contribution in [3.8, 4) is 11.4 Å². The van der Waals surface area contributed by atoms with E-state index in [9.17, 15) is 9.59 Å². The van der Waals surface area contributed by atoms with E-state index in [1.54, 1.807) is 45.0 Å². The minimum absolute atomic E-state index is 0.0116. The first-order chi connectivity index (χ1) is 15.9. The quantitative estimate of drug-likeness (QED) is 0.576. The van der Waals surface area contributed by atoms with Crippen molar-refractivity contribution in [2.45, 2.75) is 53.7 Å². The molecule has 1 heterocycles. The number of hydrogen-bond donors (Lipinski definition) is 1. The van der Waals surface area contributed by atoms with Crippen LogP contribution in [0.2, 0.25) is 0 Å². The molecule has 34 heavy (non-hydrogen) atoms. The van der Waals surface area contributed by atoms with Crippen molar-refractivity contribution in [3.63, 3.8) is 0 Å². The van der Waals surface area contributed by atoms with Crippen molar-refractivity contribution in [2.24, 2.45) is 5.41 Å². The molecule has 2 aromatic carbocycles. The fraction of sp³-hybridized carbons (Fsp3) is 0.360. The molecule has 3 rings (SSSR count). The Hall–Kier alpha value is -3.88. The smallest absolute Gasteiger partial charge is 0.415 e. The maximum absolute atomic E-state index is 13.0. The van der Waals surface area contributed by atoms with Gasteiger partial charge < -0.3 is 10.1 Å². The Morgan fingerprint density at radius 2 is 1.44 bits per heavy atom. The number of anilines is 2. The maximum atomic E-state index is 13.0. The molecule has 0 aliphatic heterocycles. The van der Waals surface area contributed by atoms with Crippen LogP contribution in [0, 0.1) is 5.41 Å². The average molecular weight is 463 g/mol. The molecular weight excluding hydrogens is 432 g/mol. The molecule has 3 aromatic rings. The van der Waals surface area contributed by atoms with Gasteiger partial charge in [0.25, 0.3) is 0 Å². The highest BCUT2D eigenvalue weighted by molar-refractivity contribution is 5.95. The van der Waals surface area contributed by atoms with Crippen LogP contribution in [-0.4, -0.2) is 38.0 Å². The lowest BCUT2D eigenvalue weighted by molar-refractivity contribution is -0.123. The topological polar surface area (TPSA) is 110 Å². The molecule has 0 aliphatic rings. The van der Waals surface area contributed by atoms with Gasteiger partial charge in [-0.3, -0.25) is 9.69 Å². The molecule has 0 aliphatic carbocycles. The van der Waals surface area contributed by atoms with E-state index < -0.39 is 17.1 Å². The molecule has 0 fully saturated rings. The summed E-state index contributed by atoms with van der Waals surface area (Å²) < 4.78 is 5.58. The molecule has 0 bridgehead atoms. The zero-order valence-electron chi connectivity index (χ0n) is 20.4. The van der Waals surface area contributed by atoms with E-state index in [1.807, 2.05) is 51.1 Å². The molecular formula is C25H30N6O3. The van der Waals surface area contributed by atoms with Crippen LogP contribution in [0.5, 0.6) is 0 Å². The molecule has 9 nitrogen and oxygen atoms in total. The third-order valence-corrected chi connectivity index (χ3v) is 4.58. The molecule has 0 unspecified atom stereocenters. The number of rotatable bonds is 5. The summed E-state index contributed by atoms with van der Waals surface area (Å²) in [6.45, 7) is 10.9. The lowest BCUT2D eigenvalue weighted by Crippen LogP contribution is -2.37. The molecule has 0 atom stereocenters. The number of carbonyl (C=O) groups excluding carboxylic acids is 2. The van der Waals surface area contributed by atoms with Crippen LogP contribution >= 0.6 is 0 Å². The van der Waals surface area contributed by atoms with Crippen LogP contribution in [0.3, 0.4) is 0 Å². The number of nitrogens with one attached hydrogen (secondary N) is 1. The van der Waals surface area contributed by atoms with Crippen LogP contribution < -0.4 is 10.2 Å². The summed E-state index contributed by atoms with van der Waals surface area (Å²) in [6, 6.07) is 16.3. The van der Waals surface area contributed by atoms with Gasteiger partial charge in [-0.1, -0.05) is 51.1 Å². The summed E-state index contributed by atoms with van der Waals surface area (Å²) in [4.78, 5) is 26.7. The molecule has 1 N–H and O–H groups in total. The van der Waals surface area contributed by atoms with Crippen molar-refractivity contribution >= 4 is 23.4 Å². The summed E-state index contributed by atoms with van der Waals surface area (Å²) in [5.41, 5.74) is 0.763. The van der Waals surface area contributed by atoms with Crippen molar-refractivity contribution in [2.75, 3.05) is 10.2 Å². The number of aromatic nitrogens is 4. The molecule has 178 valence electrons. The lowest BCUT2D eigenvalue weighted by atomic mass is 9.95. The summed E-state index contributed by atoms with van der Waals surface area (Å²) in [5, 5.41) is 19.5. The van der Waals surface area contributed by atoms with Gasteiger partial charge in [-0.2, -0.15) is 0 Å². The monoisotopic (exact) mass is 462 g/mol. The third kappa shape index (κ3) is 6.81. The molecule has 2 amide bonds.